The molecule has 1 nitrogen and oxygen atoms in total. The molecule has 0 heterocycles. The molecule has 0 bridgehead atoms. The number of rotatable bonds is 2. The molecule has 104 valence electrons. The molecule has 0 spiro atoms. The fourth-order valence-electron chi connectivity index (χ4n) is 2.83. The van der Waals surface area contributed by atoms with Crippen molar-refractivity contribution in [2.24, 2.45) is 0 Å². The first-order valence-corrected chi connectivity index (χ1v) is 7.69. The van der Waals surface area contributed by atoms with Gasteiger partial charge in [0.1, 0.15) is 11.9 Å². The third-order valence-corrected chi connectivity index (χ3v) is 4.63. The van der Waals surface area contributed by atoms with Gasteiger partial charge >= 0.3 is 0 Å². The topological polar surface area (TPSA) is 20.2 Å². The first-order valence-electron chi connectivity index (χ1n) is 6.90. The van der Waals surface area contributed by atoms with E-state index in [0.29, 0.717) is 10.0 Å². The second-order valence-electron chi connectivity index (χ2n) is 5.30. The van der Waals surface area contributed by atoms with E-state index in [2.05, 4.69) is 28.1 Å². The third-order valence-electron chi connectivity index (χ3n) is 3.95. The van der Waals surface area contributed by atoms with Crippen LogP contribution in [0, 0.1) is 5.82 Å². The molecule has 2 aromatic carbocycles. The monoisotopic (exact) mass is 334 g/mol. The maximum Gasteiger partial charge on any atom is 0.124 e. The van der Waals surface area contributed by atoms with Crippen molar-refractivity contribution < 1.29 is 9.50 Å². The second kappa shape index (κ2) is 5.66. The number of hydrogen-bond donors (Lipinski definition) is 1. The maximum atomic E-state index is 13.1. The smallest absolute Gasteiger partial charge is 0.124 e. The molecule has 1 aliphatic rings. The van der Waals surface area contributed by atoms with Gasteiger partial charge in [-0.15, -0.1) is 0 Å². The zero-order chi connectivity index (χ0) is 14.1. The average molecular weight is 335 g/mol. The van der Waals surface area contributed by atoms with E-state index >= 15 is 0 Å². The minimum Gasteiger partial charge on any atom is -0.384 e. The molecule has 3 heteroatoms. The van der Waals surface area contributed by atoms with Gasteiger partial charge in [-0.1, -0.05) is 40.2 Å². The molecule has 0 aromatic heterocycles. The Balaban J connectivity index is 1.95. The van der Waals surface area contributed by atoms with Crippen molar-refractivity contribution in [1.29, 1.82) is 0 Å². The second-order valence-corrected chi connectivity index (χ2v) is 6.16. The lowest BCUT2D eigenvalue weighted by atomic mass is 9.88. The number of halogens is 2. The zero-order valence-corrected chi connectivity index (χ0v) is 12.7. The van der Waals surface area contributed by atoms with Crippen molar-refractivity contribution in [3.05, 3.63) is 68.9 Å². The van der Waals surface area contributed by atoms with Crippen LogP contribution in [-0.4, -0.2) is 5.11 Å². The Morgan fingerprint density at radius 2 is 1.75 bits per heavy atom. The van der Waals surface area contributed by atoms with Crippen LogP contribution >= 0.6 is 15.9 Å². The summed E-state index contributed by atoms with van der Waals surface area (Å²) in [7, 11) is 0. The molecule has 0 aliphatic heterocycles. The van der Waals surface area contributed by atoms with Crippen LogP contribution in [-0.2, 0) is 12.8 Å². The standard InChI is InChI=1S/C17H16BrFO/c18-16-10-14(19)7-8-15(16)17(20)13-6-5-11-3-1-2-4-12(11)9-13/h5-10,17,20H,1-4H2. The highest BCUT2D eigenvalue weighted by Crippen LogP contribution is 2.31. The van der Waals surface area contributed by atoms with Gasteiger partial charge < -0.3 is 5.11 Å². The van der Waals surface area contributed by atoms with Crippen molar-refractivity contribution in [3.63, 3.8) is 0 Å². The van der Waals surface area contributed by atoms with Crippen molar-refractivity contribution in [2.75, 3.05) is 0 Å². The van der Waals surface area contributed by atoms with E-state index in [1.165, 1.54) is 36.1 Å². The Hall–Kier alpha value is -1.19. The van der Waals surface area contributed by atoms with Gasteiger partial charge in [0.25, 0.3) is 0 Å². The van der Waals surface area contributed by atoms with Crippen molar-refractivity contribution in [1.82, 2.24) is 0 Å². The summed E-state index contributed by atoms with van der Waals surface area (Å²) in [5.74, 6) is -0.307. The van der Waals surface area contributed by atoms with Gasteiger partial charge in [-0.3, -0.25) is 0 Å². The summed E-state index contributed by atoms with van der Waals surface area (Å²) in [4.78, 5) is 0. The summed E-state index contributed by atoms with van der Waals surface area (Å²) < 4.78 is 13.7. The summed E-state index contributed by atoms with van der Waals surface area (Å²) >= 11 is 3.32. The molecular formula is C17H16BrFO. The Morgan fingerprint density at radius 3 is 2.50 bits per heavy atom. The molecule has 0 fully saturated rings. The molecule has 20 heavy (non-hydrogen) atoms. The van der Waals surface area contributed by atoms with Crippen LogP contribution in [0.5, 0.6) is 0 Å². The molecule has 1 unspecified atom stereocenters. The third kappa shape index (κ3) is 2.65. The molecule has 1 atom stereocenters. The van der Waals surface area contributed by atoms with Crippen molar-refractivity contribution in [3.8, 4) is 0 Å². The number of fused-ring (bicyclic) bond motifs is 1. The van der Waals surface area contributed by atoms with E-state index in [-0.39, 0.29) is 5.82 Å². The van der Waals surface area contributed by atoms with Gasteiger partial charge in [-0.05, 0) is 60.1 Å². The number of aryl methyl sites for hydroxylation is 2. The van der Waals surface area contributed by atoms with E-state index in [9.17, 15) is 9.50 Å². The lowest BCUT2D eigenvalue weighted by Gasteiger charge is -2.19. The summed E-state index contributed by atoms with van der Waals surface area (Å²) in [5, 5.41) is 10.5. The molecule has 0 saturated carbocycles. The first-order chi connectivity index (χ1) is 9.65. The molecule has 1 N–H and O–H groups in total. The minimum absolute atomic E-state index is 0.307. The Labute approximate surface area is 126 Å². The Bertz CT molecular complexity index is 639. The molecule has 0 radical (unpaired) electrons. The van der Waals surface area contributed by atoms with E-state index in [1.807, 2.05) is 6.07 Å². The highest BCUT2D eigenvalue weighted by atomic mass is 79.9. The molecule has 0 saturated heterocycles. The van der Waals surface area contributed by atoms with Crippen molar-refractivity contribution in [2.45, 2.75) is 31.8 Å². The van der Waals surface area contributed by atoms with Gasteiger partial charge in [-0.2, -0.15) is 0 Å². The fraction of sp³-hybridized carbons (Fsp3) is 0.294. The van der Waals surface area contributed by atoms with Crippen LogP contribution < -0.4 is 0 Å². The van der Waals surface area contributed by atoms with Gasteiger partial charge in [0.2, 0.25) is 0 Å². The average Bonchev–Trinajstić information content (AvgIpc) is 2.46. The molecule has 3 rings (SSSR count). The van der Waals surface area contributed by atoms with Crippen LogP contribution in [0.1, 0.15) is 41.2 Å². The highest BCUT2D eigenvalue weighted by Gasteiger charge is 2.17. The normalized spacial score (nSPS) is 15.8. The predicted molar refractivity (Wildman–Crippen MR) is 81.2 cm³/mol. The summed E-state index contributed by atoms with van der Waals surface area (Å²) in [6, 6.07) is 10.6. The number of hydrogen-bond acceptors (Lipinski definition) is 1. The summed E-state index contributed by atoms with van der Waals surface area (Å²) in [5.41, 5.74) is 4.30. The largest absolute Gasteiger partial charge is 0.384 e. The van der Waals surface area contributed by atoms with E-state index in [4.69, 9.17) is 0 Å². The Kier molecular flexibility index (Phi) is 3.90. The van der Waals surface area contributed by atoms with Gasteiger partial charge in [0, 0.05) is 4.47 Å². The van der Waals surface area contributed by atoms with Gasteiger partial charge in [0.15, 0.2) is 0 Å². The van der Waals surface area contributed by atoms with Crippen molar-refractivity contribution >= 4 is 15.9 Å². The molecular weight excluding hydrogens is 319 g/mol. The van der Waals surface area contributed by atoms with Gasteiger partial charge in [-0.25, -0.2) is 4.39 Å². The van der Waals surface area contributed by atoms with Crippen LogP contribution in [0.4, 0.5) is 4.39 Å². The van der Waals surface area contributed by atoms with Gasteiger partial charge in [0.05, 0.1) is 0 Å². The zero-order valence-electron chi connectivity index (χ0n) is 11.1. The van der Waals surface area contributed by atoms with Crippen LogP contribution in [0.3, 0.4) is 0 Å². The predicted octanol–water partition coefficient (Wildman–Crippen LogP) is 4.55. The lowest BCUT2D eigenvalue weighted by molar-refractivity contribution is 0.219. The van der Waals surface area contributed by atoms with E-state index < -0.39 is 6.10 Å². The number of aliphatic hydroxyl groups excluding tert-OH is 1. The SMILES string of the molecule is OC(c1ccc2c(c1)CCCC2)c1ccc(F)cc1Br. The minimum atomic E-state index is -0.725. The molecule has 1 aliphatic carbocycles. The molecule has 2 aromatic rings. The van der Waals surface area contributed by atoms with Crippen LogP contribution in [0.15, 0.2) is 40.9 Å². The molecule has 0 amide bonds. The maximum absolute atomic E-state index is 13.1. The Morgan fingerprint density at radius 1 is 1.00 bits per heavy atom. The van der Waals surface area contributed by atoms with Crippen LogP contribution in [0.2, 0.25) is 0 Å². The quantitative estimate of drug-likeness (QED) is 0.854. The summed E-state index contributed by atoms with van der Waals surface area (Å²) in [6.45, 7) is 0. The lowest BCUT2D eigenvalue weighted by Crippen LogP contribution is -2.06. The highest BCUT2D eigenvalue weighted by molar-refractivity contribution is 9.10. The summed E-state index contributed by atoms with van der Waals surface area (Å²) in [6.07, 6.45) is 3.95. The van der Waals surface area contributed by atoms with Crippen LogP contribution in [0.25, 0.3) is 0 Å². The number of aliphatic hydroxyl groups is 1. The van der Waals surface area contributed by atoms with E-state index in [1.54, 1.807) is 6.07 Å². The first kappa shape index (κ1) is 13.8. The fourth-order valence-corrected chi connectivity index (χ4v) is 3.39. The van der Waals surface area contributed by atoms with E-state index in [0.717, 1.165) is 18.4 Å². The number of benzene rings is 2.